The van der Waals surface area contributed by atoms with E-state index in [4.69, 9.17) is 5.73 Å². The number of rotatable bonds is 12. The van der Waals surface area contributed by atoms with E-state index in [0.717, 1.165) is 54.8 Å². The highest BCUT2D eigenvalue weighted by molar-refractivity contribution is 6.04. The minimum Gasteiger partial charge on any atom is -0.369 e. The number of alkyl halides is 3. The number of nitrogens with two attached hydrogens (primary N) is 1. The lowest BCUT2D eigenvalue weighted by molar-refractivity contribution is -0.137. The highest BCUT2D eigenvalue weighted by atomic mass is 19.4. The topological polar surface area (TPSA) is 95.7 Å². The van der Waals surface area contributed by atoms with Crippen molar-refractivity contribution in [3.05, 3.63) is 114 Å². The van der Waals surface area contributed by atoms with Gasteiger partial charge >= 0.3 is 6.18 Å². The van der Waals surface area contributed by atoms with Crippen molar-refractivity contribution in [3.8, 4) is 11.1 Å². The van der Waals surface area contributed by atoms with Gasteiger partial charge in [0, 0.05) is 17.5 Å². The fourth-order valence-corrected chi connectivity index (χ4v) is 7.78. The van der Waals surface area contributed by atoms with Gasteiger partial charge in [0.2, 0.25) is 11.8 Å². The molecule has 10 heteroatoms. The summed E-state index contributed by atoms with van der Waals surface area (Å²) in [5.74, 6) is -2.13. The van der Waals surface area contributed by atoms with Gasteiger partial charge in [0.25, 0.3) is 5.91 Å². The van der Waals surface area contributed by atoms with Crippen molar-refractivity contribution < 1.29 is 27.6 Å². The van der Waals surface area contributed by atoms with Crippen LogP contribution >= 0.6 is 0 Å². The molecule has 0 saturated heterocycles. The lowest BCUT2D eigenvalue weighted by Crippen LogP contribution is -2.54. The average Bonchev–Trinajstić information content (AvgIpc) is 3.63. The maximum atomic E-state index is 14.8. The largest absolute Gasteiger partial charge is 0.416 e. The summed E-state index contributed by atoms with van der Waals surface area (Å²) in [6, 6.07) is 28.7. The molecule has 0 aromatic heterocycles. The molecule has 1 aliphatic heterocycles. The van der Waals surface area contributed by atoms with E-state index in [2.05, 4.69) is 5.32 Å². The van der Waals surface area contributed by atoms with Crippen LogP contribution in [-0.4, -0.2) is 30.3 Å². The summed E-state index contributed by atoms with van der Waals surface area (Å²) in [5, 5.41) is 3.11. The van der Waals surface area contributed by atoms with Crippen LogP contribution in [0.1, 0.15) is 63.0 Å². The Morgan fingerprint density at radius 3 is 2.17 bits per heavy atom. The van der Waals surface area contributed by atoms with Crippen molar-refractivity contribution in [1.29, 1.82) is 0 Å². The first-order chi connectivity index (χ1) is 25.0. The third-order valence-electron chi connectivity index (χ3n) is 10.4. The van der Waals surface area contributed by atoms with Gasteiger partial charge in [-0.2, -0.15) is 13.2 Å². The number of carbonyl (C=O) groups excluding carboxylic acids is 3. The second-order valence-electron chi connectivity index (χ2n) is 14.0. The molecular weight excluding hydrogens is 665 g/mol. The Morgan fingerprint density at radius 1 is 0.846 bits per heavy atom. The number of hydrogen-bond donors (Lipinski definition) is 2. The molecule has 1 fully saturated rings. The van der Waals surface area contributed by atoms with Gasteiger partial charge in [-0.25, -0.2) is 0 Å². The molecule has 1 aliphatic carbocycles. The minimum absolute atomic E-state index is 0.143. The number of nitrogens with zero attached hydrogens (tertiary/aromatic N) is 2. The van der Waals surface area contributed by atoms with Crippen molar-refractivity contribution >= 4 is 34.8 Å². The van der Waals surface area contributed by atoms with Crippen LogP contribution in [0.2, 0.25) is 0 Å². The molecule has 3 unspecified atom stereocenters. The molecule has 4 aromatic rings. The molecule has 3 amide bonds. The van der Waals surface area contributed by atoms with Crippen molar-refractivity contribution in [1.82, 2.24) is 5.32 Å². The number of para-hydroxylation sites is 3. The number of halogens is 3. The summed E-state index contributed by atoms with van der Waals surface area (Å²) in [6.07, 6.45) is 1.48. The SMILES string of the molecule is CCCC(C(N)=O)C(CC1CCCC1)C(=O)NC1CN(c2ccccc2)c2ccccc2N(Cc2cccc(-c3ccc(C(F)(F)F)cc3)c2)C1=O. The Bertz CT molecular complexity index is 1860. The molecular formula is C42H45F3N4O3. The van der Waals surface area contributed by atoms with Gasteiger partial charge in [-0.05, 0) is 77.9 Å². The number of hydrogen-bond acceptors (Lipinski definition) is 4. The van der Waals surface area contributed by atoms with Gasteiger partial charge in [0.05, 0.1) is 30.0 Å². The van der Waals surface area contributed by atoms with Gasteiger partial charge in [-0.3, -0.25) is 14.4 Å². The van der Waals surface area contributed by atoms with E-state index in [1.807, 2.05) is 90.7 Å². The van der Waals surface area contributed by atoms with E-state index in [1.54, 1.807) is 4.90 Å². The van der Waals surface area contributed by atoms with E-state index in [-0.39, 0.29) is 24.9 Å². The summed E-state index contributed by atoms with van der Waals surface area (Å²) in [5.41, 5.74) is 9.54. The van der Waals surface area contributed by atoms with E-state index in [0.29, 0.717) is 42.0 Å². The molecule has 4 aromatic carbocycles. The molecule has 272 valence electrons. The molecule has 1 heterocycles. The molecule has 0 bridgehead atoms. The maximum absolute atomic E-state index is 14.8. The van der Waals surface area contributed by atoms with Crippen LogP contribution in [0.3, 0.4) is 0 Å². The number of anilines is 3. The molecule has 7 nitrogen and oxygen atoms in total. The first kappa shape index (κ1) is 36.7. The molecule has 52 heavy (non-hydrogen) atoms. The van der Waals surface area contributed by atoms with Crippen LogP contribution in [0.15, 0.2) is 103 Å². The number of primary amides is 1. The van der Waals surface area contributed by atoms with Gasteiger partial charge in [-0.1, -0.05) is 99.7 Å². The molecule has 0 radical (unpaired) electrons. The summed E-state index contributed by atoms with van der Waals surface area (Å²) < 4.78 is 39.7. The normalized spacial score (nSPS) is 17.7. The Balaban J connectivity index is 1.36. The van der Waals surface area contributed by atoms with E-state index < -0.39 is 35.5 Å². The smallest absolute Gasteiger partial charge is 0.369 e. The molecule has 3 N–H and O–H groups in total. The molecule has 6 rings (SSSR count). The van der Waals surface area contributed by atoms with E-state index >= 15 is 0 Å². The quantitative estimate of drug-likeness (QED) is 0.154. The summed E-state index contributed by atoms with van der Waals surface area (Å²) in [7, 11) is 0. The van der Waals surface area contributed by atoms with Gasteiger partial charge in [0.1, 0.15) is 6.04 Å². The van der Waals surface area contributed by atoms with Crippen LogP contribution < -0.4 is 20.9 Å². The van der Waals surface area contributed by atoms with Crippen molar-refractivity contribution in [2.75, 3.05) is 16.3 Å². The summed E-state index contributed by atoms with van der Waals surface area (Å²) in [6.45, 7) is 2.26. The lowest BCUT2D eigenvalue weighted by atomic mass is 9.80. The lowest BCUT2D eigenvalue weighted by Gasteiger charge is -2.30. The Morgan fingerprint density at radius 2 is 1.52 bits per heavy atom. The Labute approximate surface area is 303 Å². The third kappa shape index (κ3) is 8.33. The predicted molar refractivity (Wildman–Crippen MR) is 198 cm³/mol. The zero-order chi connectivity index (χ0) is 36.8. The second kappa shape index (κ2) is 16.0. The third-order valence-corrected chi connectivity index (χ3v) is 10.4. The fraction of sp³-hybridized carbons (Fsp3) is 0.357. The number of amides is 3. The van der Waals surface area contributed by atoms with Crippen LogP contribution in [0.5, 0.6) is 0 Å². The van der Waals surface area contributed by atoms with E-state index in [1.165, 1.54) is 12.1 Å². The number of nitrogens with one attached hydrogen (secondary N) is 1. The second-order valence-corrected chi connectivity index (χ2v) is 14.0. The average molecular weight is 711 g/mol. The van der Waals surface area contributed by atoms with Gasteiger partial charge in [0.15, 0.2) is 0 Å². The van der Waals surface area contributed by atoms with Crippen LogP contribution in [0.25, 0.3) is 11.1 Å². The van der Waals surface area contributed by atoms with Crippen molar-refractivity contribution in [3.63, 3.8) is 0 Å². The molecule has 3 atom stereocenters. The first-order valence-corrected chi connectivity index (χ1v) is 18.1. The van der Waals surface area contributed by atoms with E-state index in [9.17, 15) is 27.6 Å². The van der Waals surface area contributed by atoms with Crippen LogP contribution in [0, 0.1) is 17.8 Å². The Kier molecular flexibility index (Phi) is 11.3. The molecule has 1 saturated carbocycles. The number of benzene rings is 4. The van der Waals surface area contributed by atoms with Crippen molar-refractivity contribution in [2.24, 2.45) is 23.5 Å². The number of fused-ring (bicyclic) bond motifs is 1. The maximum Gasteiger partial charge on any atom is 0.416 e. The monoisotopic (exact) mass is 710 g/mol. The van der Waals surface area contributed by atoms with Crippen LogP contribution in [0.4, 0.5) is 30.2 Å². The predicted octanol–water partition coefficient (Wildman–Crippen LogP) is 8.64. The highest BCUT2D eigenvalue weighted by Gasteiger charge is 2.40. The molecule has 2 aliphatic rings. The highest BCUT2D eigenvalue weighted by Crippen LogP contribution is 2.39. The van der Waals surface area contributed by atoms with Gasteiger partial charge in [-0.15, -0.1) is 0 Å². The zero-order valence-corrected chi connectivity index (χ0v) is 29.3. The van der Waals surface area contributed by atoms with Gasteiger partial charge < -0.3 is 20.9 Å². The summed E-state index contributed by atoms with van der Waals surface area (Å²) >= 11 is 0. The fourth-order valence-electron chi connectivity index (χ4n) is 7.78. The Hall–Kier alpha value is -5.12. The first-order valence-electron chi connectivity index (χ1n) is 18.1. The van der Waals surface area contributed by atoms with Crippen LogP contribution in [-0.2, 0) is 27.1 Å². The molecule has 0 spiro atoms. The minimum atomic E-state index is -4.44. The number of carbonyl (C=O) groups is 3. The van der Waals surface area contributed by atoms with Crippen molar-refractivity contribution in [2.45, 2.75) is 70.6 Å². The standard InChI is InChI=1S/C42H45F3N4O3/c1-2-11-34(39(46)50)35(25-28-12-6-7-13-28)40(51)47-36-27-48(33-16-4-3-5-17-33)37-18-8-9-19-38(37)49(41(36)52)26-29-14-10-15-31(24-29)30-20-22-32(23-21-30)42(43,44)45/h3-5,8-10,14-24,28,34-36H,2,6-7,11-13,25-27H2,1H3,(H2,46,50)(H,47,51). The summed E-state index contributed by atoms with van der Waals surface area (Å²) in [4.78, 5) is 45.6. The zero-order valence-electron chi connectivity index (χ0n) is 29.3.